The molecule has 2 rings (SSSR count). The Morgan fingerprint density at radius 1 is 1.56 bits per heavy atom. The lowest BCUT2D eigenvalue weighted by Gasteiger charge is -2.23. The van der Waals surface area contributed by atoms with Crippen LogP contribution in [0.2, 0.25) is 5.02 Å². The van der Waals surface area contributed by atoms with Crippen molar-refractivity contribution in [3.8, 4) is 11.8 Å². The summed E-state index contributed by atoms with van der Waals surface area (Å²) in [6, 6.07) is 7.21. The van der Waals surface area contributed by atoms with Crippen molar-refractivity contribution < 1.29 is 9.53 Å². The van der Waals surface area contributed by atoms with E-state index in [1.807, 2.05) is 6.92 Å². The smallest absolute Gasteiger partial charge is 0.228 e. The predicted octanol–water partition coefficient (Wildman–Crippen LogP) is 2.61. The summed E-state index contributed by atoms with van der Waals surface area (Å²) in [5.41, 5.74) is 0.705. The molecule has 0 aromatic heterocycles. The van der Waals surface area contributed by atoms with Crippen LogP contribution in [0.25, 0.3) is 0 Å². The van der Waals surface area contributed by atoms with Gasteiger partial charge < -0.3 is 9.64 Å². The van der Waals surface area contributed by atoms with Crippen LogP contribution in [0.4, 0.5) is 5.69 Å². The quantitative estimate of drug-likeness (QED) is 0.825. The fourth-order valence-corrected chi connectivity index (χ4v) is 2.45. The summed E-state index contributed by atoms with van der Waals surface area (Å²) in [5.74, 6) is 0.255. The highest BCUT2D eigenvalue weighted by Gasteiger charge is 2.37. The molecule has 1 fully saturated rings. The third-order valence-corrected chi connectivity index (χ3v) is 3.53. The van der Waals surface area contributed by atoms with E-state index < -0.39 is 0 Å². The molecule has 1 aliphatic heterocycles. The first-order valence-electron chi connectivity index (χ1n) is 5.63. The number of nitriles is 1. The van der Waals surface area contributed by atoms with E-state index in [2.05, 4.69) is 6.07 Å². The number of ether oxygens (including phenoxy) is 1. The van der Waals surface area contributed by atoms with E-state index in [0.717, 1.165) is 0 Å². The van der Waals surface area contributed by atoms with E-state index in [1.165, 1.54) is 7.11 Å². The van der Waals surface area contributed by atoms with Crippen LogP contribution in [0.1, 0.15) is 13.3 Å². The van der Waals surface area contributed by atoms with Gasteiger partial charge in [0.25, 0.3) is 0 Å². The van der Waals surface area contributed by atoms with Crippen molar-refractivity contribution in [2.75, 3.05) is 12.0 Å². The summed E-state index contributed by atoms with van der Waals surface area (Å²) in [6.45, 7) is 1.87. The highest BCUT2D eigenvalue weighted by molar-refractivity contribution is 6.32. The Kier molecular flexibility index (Phi) is 3.44. The molecule has 2 atom stereocenters. The van der Waals surface area contributed by atoms with Gasteiger partial charge in [0.15, 0.2) is 0 Å². The number of carbonyl (C=O) groups excluding carboxylic acids is 1. The molecule has 0 bridgehead atoms. The van der Waals surface area contributed by atoms with Crippen LogP contribution in [0.3, 0.4) is 0 Å². The Bertz CT molecular complexity index is 524. The first kappa shape index (κ1) is 12.7. The molecule has 0 spiro atoms. The molecule has 4 nitrogen and oxygen atoms in total. The molecule has 18 heavy (non-hydrogen) atoms. The summed E-state index contributed by atoms with van der Waals surface area (Å²) in [4.78, 5) is 13.5. The van der Waals surface area contributed by atoms with Crippen LogP contribution in [-0.4, -0.2) is 19.1 Å². The fraction of sp³-hybridized carbons (Fsp3) is 0.385. The first-order chi connectivity index (χ1) is 8.58. The summed E-state index contributed by atoms with van der Waals surface area (Å²) >= 11 is 6.05. The van der Waals surface area contributed by atoms with Crippen molar-refractivity contribution in [2.24, 2.45) is 5.92 Å². The zero-order chi connectivity index (χ0) is 13.3. The molecule has 0 radical (unpaired) electrons. The van der Waals surface area contributed by atoms with Crippen LogP contribution in [0, 0.1) is 17.2 Å². The number of hydrogen-bond donors (Lipinski definition) is 0. The predicted molar refractivity (Wildman–Crippen MR) is 68.7 cm³/mol. The van der Waals surface area contributed by atoms with Gasteiger partial charge >= 0.3 is 0 Å². The minimum absolute atomic E-state index is 0.0460. The summed E-state index contributed by atoms with van der Waals surface area (Å²) in [6.07, 6.45) is 0.265. The van der Waals surface area contributed by atoms with Crippen LogP contribution in [0.5, 0.6) is 5.75 Å². The molecule has 0 N–H and O–H groups in total. The number of benzene rings is 1. The first-order valence-corrected chi connectivity index (χ1v) is 6.01. The van der Waals surface area contributed by atoms with E-state index in [9.17, 15) is 4.79 Å². The molecule has 1 aromatic rings. The van der Waals surface area contributed by atoms with Crippen molar-refractivity contribution in [3.63, 3.8) is 0 Å². The Balaban J connectivity index is 2.35. The van der Waals surface area contributed by atoms with Crippen molar-refractivity contribution in [1.82, 2.24) is 0 Å². The molecule has 0 aliphatic carbocycles. The zero-order valence-electron chi connectivity index (χ0n) is 10.2. The lowest BCUT2D eigenvalue weighted by molar-refractivity contribution is -0.117. The number of halogens is 1. The van der Waals surface area contributed by atoms with Gasteiger partial charge in [-0.2, -0.15) is 5.26 Å². The SMILES string of the molecule is COc1ccc(N2C(=O)CC(C#N)C2C)cc1Cl. The third kappa shape index (κ3) is 2.02. The van der Waals surface area contributed by atoms with Crippen LogP contribution >= 0.6 is 11.6 Å². The largest absolute Gasteiger partial charge is 0.495 e. The minimum atomic E-state index is -0.265. The molecule has 94 valence electrons. The molecule has 2 unspecified atom stereocenters. The fourth-order valence-electron chi connectivity index (χ4n) is 2.20. The molecule has 1 saturated heterocycles. The summed E-state index contributed by atoms with van der Waals surface area (Å²) in [7, 11) is 1.54. The molecular weight excluding hydrogens is 252 g/mol. The molecule has 1 heterocycles. The van der Waals surface area contributed by atoms with Gasteiger partial charge in [0.1, 0.15) is 5.75 Å². The maximum absolute atomic E-state index is 11.9. The van der Waals surface area contributed by atoms with Gasteiger partial charge in [-0.05, 0) is 25.1 Å². The Morgan fingerprint density at radius 2 is 2.28 bits per heavy atom. The number of rotatable bonds is 2. The number of amides is 1. The van der Waals surface area contributed by atoms with Crippen molar-refractivity contribution in [2.45, 2.75) is 19.4 Å². The average Bonchev–Trinajstić information content (AvgIpc) is 2.64. The van der Waals surface area contributed by atoms with Crippen molar-refractivity contribution in [1.29, 1.82) is 5.26 Å². The second kappa shape index (κ2) is 4.87. The molecular formula is C13H13ClN2O2. The molecule has 0 saturated carbocycles. The van der Waals surface area contributed by atoms with Gasteiger partial charge in [-0.15, -0.1) is 0 Å². The molecule has 5 heteroatoms. The second-order valence-corrected chi connectivity index (χ2v) is 4.67. The molecule has 1 amide bonds. The highest BCUT2D eigenvalue weighted by Crippen LogP contribution is 2.34. The van der Waals surface area contributed by atoms with Gasteiger partial charge in [0.2, 0.25) is 5.91 Å². The van der Waals surface area contributed by atoms with Gasteiger partial charge in [0, 0.05) is 12.1 Å². The van der Waals surface area contributed by atoms with E-state index in [4.69, 9.17) is 21.6 Å². The van der Waals surface area contributed by atoms with E-state index >= 15 is 0 Å². The van der Waals surface area contributed by atoms with Crippen LogP contribution < -0.4 is 9.64 Å². The Hall–Kier alpha value is -1.73. The number of carbonyl (C=O) groups is 1. The van der Waals surface area contributed by atoms with Crippen molar-refractivity contribution in [3.05, 3.63) is 23.2 Å². The Labute approximate surface area is 111 Å². The maximum Gasteiger partial charge on any atom is 0.228 e. The summed E-state index contributed by atoms with van der Waals surface area (Å²) in [5, 5.41) is 9.43. The molecule has 1 aromatic carbocycles. The Morgan fingerprint density at radius 3 is 2.78 bits per heavy atom. The van der Waals surface area contributed by atoms with E-state index in [0.29, 0.717) is 16.5 Å². The highest BCUT2D eigenvalue weighted by atomic mass is 35.5. The number of hydrogen-bond acceptors (Lipinski definition) is 3. The monoisotopic (exact) mass is 264 g/mol. The van der Waals surface area contributed by atoms with Crippen LogP contribution in [0.15, 0.2) is 18.2 Å². The average molecular weight is 265 g/mol. The normalized spacial score (nSPS) is 23.0. The van der Waals surface area contributed by atoms with Crippen molar-refractivity contribution >= 4 is 23.2 Å². The zero-order valence-corrected chi connectivity index (χ0v) is 10.9. The van der Waals surface area contributed by atoms with E-state index in [1.54, 1.807) is 23.1 Å². The van der Waals surface area contributed by atoms with Gasteiger partial charge in [-0.3, -0.25) is 4.79 Å². The second-order valence-electron chi connectivity index (χ2n) is 4.26. The minimum Gasteiger partial charge on any atom is -0.495 e. The van der Waals surface area contributed by atoms with Crippen LogP contribution in [-0.2, 0) is 4.79 Å². The lowest BCUT2D eigenvalue weighted by Crippen LogP contribution is -2.32. The number of anilines is 1. The summed E-state index contributed by atoms with van der Waals surface area (Å²) < 4.78 is 5.07. The third-order valence-electron chi connectivity index (χ3n) is 3.23. The van der Waals surface area contributed by atoms with Gasteiger partial charge in [-0.1, -0.05) is 11.6 Å². The lowest BCUT2D eigenvalue weighted by atomic mass is 10.0. The van der Waals surface area contributed by atoms with Gasteiger partial charge in [-0.25, -0.2) is 0 Å². The topological polar surface area (TPSA) is 53.3 Å². The number of methoxy groups -OCH3 is 1. The standard InChI is InChI=1S/C13H13ClN2O2/c1-8-9(7-15)5-13(17)16(8)10-3-4-12(18-2)11(14)6-10/h3-4,6,8-9H,5H2,1-2H3. The number of nitrogens with zero attached hydrogens (tertiary/aromatic N) is 2. The van der Waals surface area contributed by atoms with E-state index in [-0.39, 0.29) is 24.3 Å². The van der Waals surface area contributed by atoms with Gasteiger partial charge in [0.05, 0.1) is 30.2 Å². The molecule has 1 aliphatic rings. The maximum atomic E-state index is 11.9.